The summed E-state index contributed by atoms with van der Waals surface area (Å²) in [5.41, 5.74) is -1.83. The quantitative estimate of drug-likeness (QED) is 0.116. The van der Waals surface area contributed by atoms with Gasteiger partial charge in [0, 0.05) is 37.0 Å². The smallest absolute Gasteiger partial charge is 0.333 e. The van der Waals surface area contributed by atoms with Crippen LogP contribution in [0.3, 0.4) is 0 Å². The first-order valence-corrected chi connectivity index (χ1v) is 13.6. The van der Waals surface area contributed by atoms with Gasteiger partial charge >= 0.3 is 17.9 Å². The predicted octanol–water partition coefficient (Wildman–Crippen LogP) is 4.17. The van der Waals surface area contributed by atoms with Gasteiger partial charge in [-0.15, -0.1) is 11.6 Å². The maximum Gasteiger partial charge on any atom is 0.333 e. The lowest BCUT2D eigenvalue weighted by molar-refractivity contribution is -0.202. The number of halogens is 1. The highest BCUT2D eigenvalue weighted by molar-refractivity contribution is 6.21. The first-order valence-electron chi connectivity index (χ1n) is 13.2. The third kappa shape index (κ3) is 8.90. The normalized spacial score (nSPS) is 27.8. The third-order valence-corrected chi connectivity index (χ3v) is 7.93. The van der Waals surface area contributed by atoms with Crippen LogP contribution in [0.5, 0.6) is 0 Å². The topological polar surface area (TPSA) is 129 Å². The monoisotopic (exact) mass is 572 g/mol. The first kappa shape index (κ1) is 34.8. The summed E-state index contributed by atoms with van der Waals surface area (Å²) in [5.74, 6) is -2.81. The van der Waals surface area contributed by atoms with Crippen LogP contribution in [0.2, 0.25) is 0 Å². The maximum absolute atomic E-state index is 12.8. The van der Waals surface area contributed by atoms with E-state index >= 15 is 0 Å². The van der Waals surface area contributed by atoms with E-state index in [1.807, 2.05) is 0 Å². The minimum absolute atomic E-state index is 0.0591. The zero-order chi connectivity index (χ0) is 30.3. The molecule has 1 aliphatic rings. The molecule has 0 amide bonds. The van der Waals surface area contributed by atoms with Gasteiger partial charge in [-0.1, -0.05) is 18.7 Å². The molecule has 0 aromatic heterocycles. The van der Waals surface area contributed by atoms with Gasteiger partial charge in [0.1, 0.15) is 17.8 Å². The summed E-state index contributed by atoms with van der Waals surface area (Å²) >= 11 is 6.62. The van der Waals surface area contributed by atoms with Gasteiger partial charge in [0.05, 0.1) is 17.1 Å². The third-order valence-electron chi connectivity index (χ3n) is 7.31. The number of carbonyl (C=O) groups excluding carboxylic acids is 3. The summed E-state index contributed by atoms with van der Waals surface area (Å²) in [7, 11) is 0. The molecule has 0 spiro atoms. The van der Waals surface area contributed by atoms with Crippen molar-refractivity contribution in [2.45, 2.75) is 116 Å². The predicted molar refractivity (Wildman–Crippen MR) is 148 cm³/mol. The van der Waals surface area contributed by atoms with Crippen LogP contribution in [0, 0.1) is 5.92 Å². The number of carbonyl (C=O) groups is 3. The Morgan fingerprint density at radius 1 is 1.10 bits per heavy atom. The second-order valence-corrected chi connectivity index (χ2v) is 11.2. The molecule has 1 aliphatic carbocycles. The van der Waals surface area contributed by atoms with E-state index in [9.17, 15) is 24.6 Å². The number of ether oxygens (including phenoxy) is 4. The average molecular weight is 573 g/mol. The first-order chi connectivity index (χ1) is 17.9. The number of allylic oxidation sites excluding steroid dienone is 2. The Balaban J connectivity index is 3.58. The Morgan fingerprint density at radius 2 is 1.64 bits per heavy atom. The molecule has 0 saturated heterocycles. The molecular formula is C29H45ClO9. The van der Waals surface area contributed by atoms with Crippen molar-refractivity contribution in [2.75, 3.05) is 6.61 Å². The van der Waals surface area contributed by atoms with Crippen molar-refractivity contribution in [1.29, 1.82) is 0 Å². The molecule has 222 valence electrons. The van der Waals surface area contributed by atoms with Gasteiger partial charge in [0.25, 0.3) is 0 Å². The SMILES string of the molecule is C=C(C(CC(O)C(C)(C)OCC)OC(=O)C(C)=CC)C1CC(Cl)C(C)(O)C(OC(=O)C(C)=CC)C1OC(C)=O. The molecule has 2 N–H and O–H groups in total. The summed E-state index contributed by atoms with van der Waals surface area (Å²) in [6.07, 6.45) is -1.56. The average Bonchev–Trinajstić information content (AvgIpc) is 2.85. The van der Waals surface area contributed by atoms with E-state index in [0.717, 1.165) is 0 Å². The molecule has 0 aromatic carbocycles. The standard InChI is InChI=1S/C29H45ClO9/c1-11-16(4)26(33)38-21(15-23(32)28(8,9)36-13-3)18(6)20-14-22(30)29(10,35)25(24(20)37-19(7)31)39-27(34)17(5)12-2/h11-12,20-25,32,35H,6,13-15H2,1-5,7-10H3. The number of aliphatic hydroxyl groups excluding tert-OH is 1. The zero-order valence-corrected chi connectivity index (χ0v) is 25.3. The molecule has 0 aliphatic heterocycles. The van der Waals surface area contributed by atoms with E-state index < -0.39 is 64.8 Å². The van der Waals surface area contributed by atoms with Gasteiger partial charge in [-0.2, -0.15) is 0 Å². The molecule has 1 rings (SSSR count). The molecule has 7 unspecified atom stereocenters. The van der Waals surface area contributed by atoms with Crippen LogP contribution in [-0.4, -0.2) is 75.7 Å². The Morgan fingerprint density at radius 3 is 2.13 bits per heavy atom. The van der Waals surface area contributed by atoms with Crippen LogP contribution in [0.4, 0.5) is 0 Å². The lowest BCUT2D eigenvalue weighted by Crippen LogP contribution is -2.63. The van der Waals surface area contributed by atoms with Crippen molar-refractivity contribution in [3.05, 3.63) is 35.5 Å². The molecule has 10 heteroatoms. The molecule has 0 radical (unpaired) electrons. The van der Waals surface area contributed by atoms with Crippen LogP contribution >= 0.6 is 11.6 Å². The minimum atomic E-state index is -1.77. The van der Waals surface area contributed by atoms with Gasteiger partial charge in [-0.05, 0) is 67.4 Å². The Bertz CT molecular complexity index is 966. The molecule has 0 bridgehead atoms. The Labute approximate surface area is 237 Å². The van der Waals surface area contributed by atoms with E-state index in [2.05, 4.69) is 6.58 Å². The number of hydrogen-bond donors (Lipinski definition) is 2. The summed E-state index contributed by atoms with van der Waals surface area (Å²) < 4.78 is 22.8. The largest absolute Gasteiger partial charge is 0.458 e. The van der Waals surface area contributed by atoms with Crippen molar-refractivity contribution in [1.82, 2.24) is 0 Å². The summed E-state index contributed by atoms with van der Waals surface area (Å²) in [5, 5.41) is 21.4. The highest BCUT2D eigenvalue weighted by Gasteiger charge is 2.56. The summed E-state index contributed by atoms with van der Waals surface area (Å²) in [6, 6.07) is 0. The molecule has 1 saturated carbocycles. The number of hydrogen-bond acceptors (Lipinski definition) is 9. The highest BCUT2D eigenvalue weighted by atomic mass is 35.5. The summed E-state index contributed by atoms with van der Waals surface area (Å²) in [4.78, 5) is 37.7. The fraction of sp³-hybridized carbons (Fsp3) is 0.690. The van der Waals surface area contributed by atoms with E-state index in [0.29, 0.717) is 12.2 Å². The Kier molecular flexibility index (Phi) is 12.9. The molecular weight excluding hydrogens is 528 g/mol. The minimum Gasteiger partial charge on any atom is -0.458 e. The van der Waals surface area contributed by atoms with E-state index in [-0.39, 0.29) is 24.0 Å². The molecule has 1 fully saturated rings. The van der Waals surface area contributed by atoms with Crippen LogP contribution < -0.4 is 0 Å². The highest BCUT2D eigenvalue weighted by Crippen LogP contribution is 2.44. The molecule has 7 atom stereocenters. The Hall–Kier alpha value is -2.20. The van der Waals surface area contributed by atoms with Crippen molar-refractivity contribution < 1.29 is 43.5 Å². The van der Waals surface area contributed by atoms with E-state index in [1.54, 1.807) is 60.6 Å². The molecule has 0 heterocycles. The second kappa shape index (κ2) is 14.4. The van der Waals surface area contributed by atoms with Crippen molar-refractivity contribution in [3.8, 4) is 0 Å². The van der Waals surface area contributed by atoms with Crippen LogP contribution in [0.25, 0.3) is 0 Å². The number of rotatable bonds is 12. The van der Waals surface area contributed by atoms with Gasteiger partial charge in [-0.25, -0.2) is 9.59 Å². The number of alkyl halides is 1. The van der Waals surface area contributed by atoms with Gasteiger partial charge in [0.15, 0.2) is 6.10 Å². The van der Waals surface area contributed by atoms with Gasteiger partial charge in [-0.3, -0.25) is 4.79 Å². The van der Waals surface area contributed by atoms with Crippen molar-refractivity contribution >= 4 is 29.5 Å². The van der Waals surface area contributed by atoms with Crippen LogP contribution in [0.1, 0.15) is 75.2 Å². The van der Waals surface area contributed by atoms with Crippen LogP contribution in [0.15, 0.2) is 35.5 Å². The number of aliphatic hydroxyl groups is 2. The summed E-state index contributed by atoms with van der Waals surface area (Å²) in [6.45, 7) is 18.9. The molecule has 9 nitrogen and oxygen atoms in total. The molecule has 39 heavy (non-hydrogen) atoms. The fourth-order valence-corrected chi connectivity index (χ4v) is 4.65. The second-order valence-electron chi connectivity index (χ2n) is 10.6. The lowest BCUT2D eigenvalue weighted by atomic mass is 9.70. The van der Waals surface area contributed by atoms with Gasteiger partial charge in [0.2, 0.25) is 0 Å². The zero-order valence-electron chi connectivity index (χ0n) is 24.6. The van der Waals surface area contributed by atoms with Crippen molar-refractivity contribution in [2.24, 2.45) is 5.92 Å². The van der Waals surface area contributed by atoms with Gasteiger partial charge < -0.3 is 29.2 Å². The van der Waals surface area contributed by atoms with E-state index in [1.165, 1.54) is 13.8 Å². The lowest BCUT2D eigenvalue weighted by Gasteiger charge is -2.48. The van der Waals surface area contributed by atoms with E-state index in [4.69, 9.17) is 30.5 Å². The maximum atomic E-state index is 12.8. The molecule has 0 aromatic rings. The van der Waals surface area contributed by atoms with Crippen LogP contribution in [-0.2, 0) is 33.3 Å². The fourth-order valence-electron chi connectivity index (χ4n) is 4.34. The number of esters is 3. The van der Waals surface area contributed by atoms with Crippen molar-refractivity contribution in [3.63, 3.8) is 0 Å².